The van der Waals surface area contributed by atoms with Crippen LogP contribution in [0.2, 0.25) is 0 Å². The van der Waals surface area contributed by atoms with E-state index in [4.69, 9.17) is 24.8 Å². The number of phosphoric acid groups is 1. The van der Waals surface area contributed by atoms with Crippen LogP contribution in [0, 0.1) is 0 Å². The highest BCUT2D eigenvalue weighted by Crippen LogP contribution is 2.43. The van der Waals surface area contributed by atoms with Gasteiger partial charge in [0.05, 0.1) is 13.2 Å². The molecule has 0 heterocycles. The highest BCUT2D eigenvalue weighted by Gasteiger charge is 2.28. The van der Waals surface area contributed by atoms with E-state index in [1.807, 2.05) is 0 Å². The molecule has 0 saturated carbocycles. The topological polar surface area (TPSA) is 172 Å². The molecule has 1 unspecified atom stereocenters. The number of hydrogen-bond donors (Lipinski definition) is 3. The van der Waals surface area contributed by atoms with Crippen LogP contribution in [0.4, 0.5) is 0 Å². The average molecular weight is 900 g/mol. The van der Waals surface area contributed by atoms with E-state index in [1.54, 1.807) is 0 Å². The van der Waals surface area contributed by atoms with Gasteiger partial charge in [-0.25, -0.2) is 4.57 Å². The number of ether oxygens (including phenoxy) is 2. The van der Waals surface area contributed by atoms with Gasteiger partial charge in [0, 0.05) is 12.8 Å². The molecule has 62 heavy (non-hydrogen) atoms. The summed E-state index contributed by atoms with van der Waals surface area (Å²) in [7, 11) is -4.72. The van der Waals surface area contributed by atoms with Crippen LogP contribution in [0.1, 0.15) is 245 Å². The van der Waals surface area contributed by atoms with Crippen molar-refractivity contribution < 1.29 is 47.5 Å². The third-order valence-corrected chi connectivity index (χ3v) is 12.2. The number of hydrogen-bond acceptors (Lipinski definition) is 9. The number of allylic oxidation sites excluding steroid dienone is 4. The Kier molecular flexibility index (Phi) is 44.0. The fraction of sp³-hybridized carbons (Fsp3) is 0.860. The molecule has 0 spiro atoms. The van der Waals surface area contributed by atoms with Crippen molar-refractivity contribution in [3.05, 3.63) is 24.3 Å². The number of esters is 2. The van der Waals surface area contributed by atoms with Gasteiger partial charge in [-0.1, -0.05) is 212 Å². The van der Waals surface area contributed by atoms with E-state index in [2.05, 4.69) is 42.7 Å². The number of carbonyl (C=O) groups is 3. The maximum absolute atomic E-state index is 12.7. The average Bonchev–Trinajstić information content (AvgIpc) is 3.25. The van der Waals surface area contributed by atoms with Gasteiger partial charge in [-0.05, 0) is 44.9 Å². The summed E-state index contributed by atoms with van der Waals surface area (Å²) >= 11 is 0. The van der Waals surface area contributed by atoms with Crippen molar-refractivity contribution in [1.82, 2.24) is 0 Å². The van der Waals surface area contributed by atoms with Gasteiger partial charge in [-0.3, -0.25) is 23.4 Å². The number of unbranched alkanes of at least 4 members (excludes halogenated alkanes) is 30. The molecule has 0 aromatic heterocycles. The molecule has 0 rings (SSSR count). The molecule has 0 saturated heterocycles. The Morgan fingerprint density at radius 2 is 0.855 bits per heavy atom. The van der Waals surface area contributed by atoms with Crippen LogP contribution in [0.5, 0.6) is 0 Å². The van der Waals surface area contributed by atoms with Crippen molar-refractivity contribution in [3.8, 4) is 0 Å². The molecule has 11 nitrogen and oxygen atoms in total. The zero-order chi connectivity index (χ0) is 45.6. The molecule has 364 valence electrons. The zero-order valence-corrected chi connectivity index (χ0v) is 40.6. The summed E-state index contributed by atoms with van der Waals surface area (Å²) in [6, 6.07) is -1.52. The summed E-state index contributed by atoms with van der Waals surface area (Å²) in [5.74, 6) is -2.40. The molecule has 12 heteroatoms. The summed E-state index contributed by atoms with van der Waals surface area (Å²) in [5.41, 5.74) is 5.35. The minimum absolute atomic E-state index is 0.160. The molecule has 0 aromatic rings. The van der Waals surface area contributed by atoms with Crippen LogP contribution < -0.4 is 5.73 Å². The molecule has 0 aliphatic rings. The monoisotopic (exact) mass is 900 g/mol. The van der Waals surface area contributed by atoms with Crippen molar-refractivity contribution in [2.45, 2.75) is 257 Å². The minimum Gasteiger partial charge on any atom is -0.480 e. The second-order valence-electron chi connectivity index (χ2n) is 17.3. The van der Waals surface area contributed by atoms with Crippen molar-refractivity contribution in [2.75, 3.05) is 19.8 Å². The number of aliphatic carboxylic acids is 1. The fourth-order valence-electron chi connectivity index (χ4n) is 7.22. The van der Waals surface area contributed by atoms with Gasteiger partial charge in [0.2, 0.25) is 0 Å². The zero-order valence-electron chi connectivity index (χ0n) is 39.7. The molecule has 3 atom stereocenters. The second kappa shape index (κ2) is 45.5. The Bertz CT molecular complexity index is 1150. The van der Waals surface area contributed by atoms with E-state index in [0.717, 1.165) is 44.9 Å². The van der Waals surface area contributed by atoms with Gasteiger partial charge in [0.25, 0.3) is 0 Å². The molecule has 0 amide bonds. The van der Waals surface area contributed by atoms with Gasteiger partial charge >= 0.3 is 25.7 Å². The van der Waals surface area contributed by atoms with Gasteiger partial charge < -0.3 is 25.2 Å². The number of nitrogens with two attached hydrogens (primary N) is 1. The van der Waals surface area contributed by atoms with Crippen molar-refractivity contribution in [3.63, 3.8) is 0 Å². The summed E-state index contributed by atoms with van der Waals surface area (Å²) < 4.78 is 32.8. The largest absolute Gasteiger partial charge is 0.480 e. The minimum atomic E-state index is -4.72. The van der Waals surface area contributed by atoms with Crippen molar-refractivity contribution >= 4 is 25.7 Å². The first-order chi connectivity index (χ1) is 30.1. The number of carboxylic acid groups (broad SMARTS) is 1. The maximum Gasteiger partial charge on any atom is 0.472 e. The Hall–Kier alpha value is -2.04. The lowest BCUT2D eigenvalue weighted by Gasteiger charge is -2.20. The van der Waals surface area contributed by atoms with Crippen LogP contribution >= 0.6 is 7.82 Å². The molecule has 0 aromatic carbocycles. The Morgan fingerprint density at radius 1 is 0.500 bits per heavy atom. The molecule has 0 fully saturated rings. The SMILES string of the molecule is CCCCCCCC/C=C/C/C=C/CCCCC(=O)OC[C@@H](COP(=O)(O)OC[C@H](N)C(=O)O)OC(=O)CCCCCCCCCCCCCCCCCCCCCCCCC. The third kappa shape index (κ3) is 44.6. The standard InChI is InChI=1S/C50H94NO10P/c1-3-5-7-9-11-13-15-17-19-20-21-22-23-24-25-26-28-30-32-34-36-38-40-42-49(53)61-46(44-59-62(56,57)60-45-47(51)50(54)55)43-58-48(52)41-39-37-35-33-31-29-27-18-16-14-12-10-8-6-4-2/h18,27,31,33,46-47H,3-17,19-26,28-30,32,34-45,51H2,1-2H3,(H,54,55)(H,56,57)/b27-18+,33-31+/t46-,47-/m0/s1. The number of carbonyl (C=O) groups excluding carboxylic acids is 2. The van der Waals surface area contributed by atoms with Crippen LogP contribution in [0.3, 0.4) is 0 Å². The van der Waals surface area contributed by atoms with E-state index in [-0.39, 0.29) is 19.4 Å². The van der Waals surface area contributed by atoms with E-state index < -0.39 is 51.1 Å². The maximum atomic E-state index is 12.7. The molecular weight excluding hydrogens is 806 g/mol. The predicted octanol–water partition coefficient (Wildman–Crippen LogP) is 14.2. The van der Waals surface area contributed by atoms with E-state index in [0.29, 0.717) is 12.8 Å². The summed E-state index contributed by atoms with van der Waals surface area (Å²) in [6.45, 7) is 2.81. The van der Waals surface area contributed by atoms with E-state index in [1.165, 1.54) is 161 Å². The van der Waals surface area contributed by atoms with Crippen molar-refractivity contribution in [1.29, 1.82) is 0 Å². The van der Waals surface area contributed by atoms with Gasteiger partial charge in [0.15, 0.2) is 6.10 Å². The van der Waals surface area contributed by atoms with Gasteiger partial charge in [-0.15, -0.1) is 0 Å². The first-order valence-corrected chi connectivity index (χ1v) is 26.9. The van der Waals surface area contributed by atoms with Crippen LogP contribution in [-0.4, -0.2) is 59.9 Å². The highest BCUT2D eigenvalue weighted by atomic mass is 31.2. The normalized spacial score (nSPS) is 13.7. The highest BCUT2D eigenvalue weighted by molar-refractivity contribution is 7.47. The molecular formula is C50H94NO10P. The Balaban J connectivity index is 4.22. The lowest BCUT2D eigenvalue weighted by molar-refractivity contribution is -0.161. The quantitative estimate of drug-likeness (QED) is 0.0230. The predicted molar refractivity (Wildman–Crippen MR) is 254 cm³/mol. The van der Waals surface area contributed by atoms with E-state index in [9.17, 15) is 23.8 Å². The Labute approximate surface area is 379 Å². The second-order valence-corrected chi connectivity index (χ2v) is 18.8. The molecule has 0 radical (unpaired) electrons. The Morgan fingerprint density at radius 3 is 1.29 bits per heavy atom. The first-order valence-electron chi connectivity index (χ1n) is 25.4. The van der Waals surface area contributed by atoms with Crippen LogP contribution in [0.25, 0.3) is 0 Å². The van der Waals surface area contributed by atoms with Crippen LogP contribution in [0.15, 0.2) is 24.3 Å². The lowest BCUT2D eigenvalue weighted by Crippen LogP contribution is -2.34. The third-order valence-electron chi connectivity index (χ3n) is 11.2. The summed E-state index contributed by atoms with van der Waals surface area (Å²) in [6.07, 6.45) is 49.7. The van der Waals surface area contributed by atoms with Crippen molar-refractivity contribution in [2.24, 2.45) is 5.73 Å². The smallest absolute Gasteiger partial charge is 0.472 e. The molecule has 0 aliphatic heterocycles. The molecule has 4 N–H and O–H groups in total. The van der Waals surface area contributed by atoms with Crippen LogP contribution in [-0.2, 0) is 37.5 Å². The first kappa shape index (κ1) is 60.0. The van der Waals surface area contributed by atoms with Gasteiger partial charge in [0.1, 0.15) is 12.6 Å². The van der Waals surface area contributed by atoms with Gasteiger partial charge in [-0.2, -0.15) is 0 Å². The number of phosphoric ester groups is 1. The van der Waals surface area contributed by atoms with E-state index >= 15 is 0 Å². The fourth-order valence-corrected chi connectivity index (χ4v) is 7.99. The summed E-state index contributed by atoms with van der Waals surface area (Å²) in [4.78, 5) is 46.1. The lowest BCUT2D eigenvalue weighted by atomic mass is 10.0. The number of rotatable bonds is 48. The molecule has 0 aliphatic carbocycles. The number of carboxylic acids is 1. The summed E-state index contributed by atoms with van der Waals surface area (Å²) in [5, 5.41) is 8.91. The molecule has 0 bridgehead atoms.